The van der Waals surface area contributed by atoms with Crippen molar-refractivity contribution >= 4 is 27.3 Å². The van der Waals surface area contributed by atoms with E-state index in [1.807, 2.05) is 47.3 Å². The summed E-state index contributed by atoms with van der Waals surface area (Å²) in [5, 5.41) is 0.777. The minimum absolute atomic E-state index is 0.00547. The number of benzene rings is 1. The lowest BCUT2D eigenvalue weighted by atomic mass is 9.89. The Morgan fingerprint density at radius 2 is 1.90 bits per heavy atom. The number of carbonyl (C=O) groups is 1. The summed E-state index contributed by atoms with van der Waals surface area (Å²) in [6.45, 7) is 2.71. The van der Waals surface area contributed by atoms with Crippen LogP contribution < -0.4 is 10.1 Å². The molecule has 150 valence electrons. The van der Waals surface area contributed by atoms with Crippen molar-refractivity contribution < 1.29 is 9.36 Å². The number of nitrogens with one attached hydrogen (secondary N) is 1. The molecule has 0 radical (unpaired) electrons. The van der Waals surface area contributed by atoms with Crippen molar-refractivity contribution in [3.63, 3.8) is 0 Å². The number of ketones is 1. The van der Waals surface area contributed by atoms with E-state index in [-0.39, 0.29) is 11.3 Å². The largest absolute Gasteiger partial charge is 0.305 e. The maximum Gasteiger partial charge on any atom is 0.260 e. The Balaban J connectivity index is 1.40. The van der Waals surface area contributed by atoms with Gasteiger partial charge in [-0.25, -0.2) is 4.98 Å². The lowest BCUT2D eigenvalue weighted by Crippen LogP contribution is -2.35. The first kappa shape index (κ1) is 18.9. The number of nitrogens with zero attached hydrogens (tertiary/aromatic N) is 2. The highest BCUT2D eigenvalue weighted by Gasteiger charge is 2.23. The SMILES string of the molecule is C[C@@H]1CCc2c(sc3nc(C[n+]4ccc(C(=O)c5ccccc5)cc4)[nH]c(=O)c23)C1. The van der Waals surface area contributed by atoms with Crippen LogP contribution in [0.4, 0.5) is 0 Å². The molecular weight excluding hydrogens is 394 g/mol. The lowest BCUT2D eigenvalue weighted by Gasteiger charge is -2.17. The summed E-state index contributed by atoms with van der Waals surface area (Å²) in [6.07, 6.45) is 6.83. The lowest BCUT2D eigenvalue weighted by molar-refractivity contribution is -0.689. The summed E-state index contributed by atoms with van der Waals surface area (Å²) >= 11 is 1.66. The highest BCUT2D eigenvalue weighted by molar-refractivity contribution is 7.18. The summed E-state index contributed by atoms with van der Waals surface area (Å²) in [5.74, 6) is 1.29. The minimum atomic E-state index is -0.0430. The molecule has 5 rings (SSSR count). The molecule has 0 saturated carbocycles. The summed E-state index contributed by atoms with van der Waals surface area (Å²) in [5.41, 5.74) is 2.46. The van der Waals surface area contributed by atoms with E-state index in [4.69, 9.17) is 4.98 Å². The second-order valence-electron chi connectivity index (χ2n) is 8.00. The smallest absolute Gasteiger partial charge is 0.260 e. The predicted octanol–water partition coefficient (Wildman–Crippen LogP) is 3.68. The molecule has 0 aliphatic heterocycles. The van der Waals surface area contributed by atoms with Gasteiger partial charge >= 0.3 is 0 Å². The van der Waals surface area contributed by atoms with Crippen LogP contribution in [0.25, 0.3) is 10.2 Å². The van der Waals surface area contributed by atoms with Crippen LogP contribution in [0.2, 0.25) is 0 Å². The highest BCUT2D eigenvalue weighted by Crippen LogP contribution is 2.35. The van der Waals surface area contributed by atoms with Crippen LogP contribution in [-0.4, -0.2) is 15.8 Å². The summed E-state index contributed by atoms with van der Waals surface area (Å²) < 4.78 is 1.92. The molecule has 1 N–H and O–H groups in total. The van der Waals surface area contributed by atoms with Gasteiger partial charge in [0, 0.05) is 28.1 Å². The fourth-order valence-electron chi connectivity index (χ4n) is 4.11. The van der Waals surface area contributed by atoms with E-state index in [2.05, 4.69) is 11.9 Å². The fourth-order valence-corrected chi connectivity index (χ4v) is 5.51. The summed E-state index contributed by atoms with van der Waals surface area (Å²) in [4.78, 5) is 35.2. The zero-order valence-electron chi connectivity index (χ0n) is 16.7. The third kappa shape index (κ3) is 3.48. The molecule has 4 aromatic rings. The molecule has 0 saturated heterocycles. The van der Waals surface area contributed by atoms with Crippen LogP contribution in [0, 0.1) is 5.92 Å². The number of aryl methyl sites for hydroxylation is 1. The van der Waals surface area contributed by atoms with Crippen LogP contribution in [-0.2, 0) is 19.4 Å². The first-order valence-corrected chi connectivity index (χ1v) is 11.0. The molecule has 1 atom stereocenters. The molecule has 30 heavy (non-hydrogen) atoms. The van der Waals surface area contributed by atoms with Crippen molar-refractivity contribution in [3.05, 3.63) is 92.6 Å². The Hall–Kier alpha value is -3.12. The third-order valence-corrected chi connectivity index (χ3v) is 6.88. The molecule has 3 heterocycles. The Morgan fingerprint density at radius 3 is 2.67 bits per heavy atom. The number of carbonyl (C=O) groups excluding carboxylic acids is 1. The van der Waals surface area contributed by atoms with Gasteiger partial charge in [0.15, 0.2) is 24.0 Å². The van der Waals surface area contributed by atoms with Gasteiger partial charge in [0.25, 0.3) is 5.56 Å². The Kier molecular flexibility index (Phi) is 4.79. The number of rotatable bonds is 4. The second kappa shape index (κ2) is 7.61. The number of aromatic nitrogens is 3. The Bertz CT molecular complexity index is 1290. The maximum absolute atomic E-state index is 12.8. The number of hydrogen-bond donors (Lipinski definition) is 1. The van der Waals surface area contributed by atoms with Crippen LogP contribution in [0.15, 0.2) is 59.7 Å². The van der Waals surface area contributed by atoms with E-state index >= 15 is 0 Å². The van der Waals surface area contributed by atoms with Crippen molar-refractivity contribution in [2.24, 2.45) is 5.92 Å². The van der Waals surface area contributed by atoms with Crippen LogP contribution in [0.5, 0.6) is 0 Å². The first-order valence-electron chi connectivity index (χ1n) is 10.2. The Morgan fingerprint density at radius 1 is 1.17 bits per heavy atom. The molecule has 3 aromatic heterocycles. The van der Waals surface area contributed by atoms with Crippen molar-refractivity contribution in [3.8, 4) is 0 Å². The molecular formula is C24H22N3O2S+. The van der Waals surface area contributed by atoms with Gasteiger partial charge in [-0.2, -0.15) is 4.57 Å². The normalized spacial score (nSPS) is 15.8. The average molecular weight is 417 g/mol. The van der Waals surface area contributed by atoms with Gasteiger partial charge in [0.05, 0.1) is 5.39 Å². The van der Waals surface area contributed by atoms with E-state index in [0.717, 1.165) is 29.5 Å². The molecule has 1 aliphatic rings. The van der Waals surface area contributed by atoms with Gasteiger partial charge < -0.3 is 4.98 Å². The van der Waals surface area contributed by atoms with Crippen molar-refractivity contribution in [2.75, 3.05) is 0 Å². The van der Waals surface area contributed by atoms with Gasteiger partial charge in [-0.15, -0.1) is 11.3 Å². The standard InChI is InChI=1S/C24H21N3O2S/c1-15-7-8-18-19(13-15)30-24-21(18)23(29)25-20(26-24)14-27-11-9-17(10-12-27)22(28)16-5-3-2-4-6-16/h2-6,9-12,15H,7-8,13-14H2,1H3/p+1/t15-/m1/s1. The number of aromatic amines is 1. The quantitative estimate of drug-likeness (QED) is 0.408. The molecule has 0 fully saturated rings. The van der Waals surface area contributed by atoms with Gasteiger partial charge in [0.2, 0.25) is 6.54 Å². The van der Waals surface area contributed by atoms with Crippen molar-refractivity contribution in [1.29, 1.82) is 0 Å². The average Bonchev–Trinajstić information content (AvgIpc) is 3.12. The molecule has 1 aromatic carbocycles. The molecule has 0 spiro atoms. The molecule has 6 heteroatoms. The number of hydrogen-bond acceptors (Lipinski definition) is 4. The number of fused-ring (bicyclic) bond motifs is 3. The number of thiophene rings is 1. The van der Waals surface area contributed by atoms with Crippen LogP contribution >= 0.6 is 11.3 Å². The summed E-state index contributed by atoms with van der Waals surface area (Å²) in [7, 11) is 0. The topological polar surface area (TPSA) is 66.7 Å². The van der Waals surface area contributed by atoms with Gasteiger partial charge in [-0.1, -0.05) is 37.3 Å². The summed E-state index contributed by atoms with van der Waals surface area (Å²) in [6, 6.07) is 12.8. The number of H-pyrrole nitrogens is 1. The molecule has 0 amide bonds. The molecule has 1 aliphatic carbocycles. The van der Waals surface area contributed by atoms with E-state index < -0.39 is 0 Å². The molecule has 0 unspecified atom stereocenters. The predicted molar refractivity (Wildman–Crippen MR) is 117 cm³/mol. The van der Waals surface area contributed by atoms with E-state index in [1.54, 1.807) is 23.5 Å². The van der Waals surface area contributed by atoms with Crippen LogP contribution in [0.1, 0.15) is 45.5 Å². The third-order valence-electron chi connectivity index (χ3n) is 5.74. The van der Waals surface area contributed by atoms with Crippen molar-refractivity contribution in [1.82, 2.24) is 9.97 Å². The van der Waals surface area contributed by atoms with E-state index in [1.165, 1.54) is 10.4 Å². The molecule has 5 nitrogen and oxygen atoms in total. The van der Waals surface area contributed by atoms with E-state index in [9.17, 15) is 9.59 Å². The zero-order valence-corrected chi connectivity index (χ0v) is 17.5. The molecule has 0 bridgehead atoms. The van der Waals surface area contributed by atoms with Gasteiger partial charge in [-0.05, 0) is 30.7 Å². The fraction of sp³-hybridized carbons (Fsp3) is 0.250. The van der Waals surface area contributed by atoms with Gasteiger partial charge in [-0.3, -0.25) is 9.59 Å². The Labute approximate surface area is 178 Å². The van der Waals surface area contributed by atoms with E-state index in [0.29, 0.717) is 29.4 Å². The minimum Gasteiger partial charge on any atom is -0.305 e. The monoisotopic (exact) mass is 416 g/mol. The van der Waals surface area contributed by atoms with Crippen molar-refractivity contribution in [2.45, 2.75) is 32.7 Å². The zero-order chi connectivity index (χ0) is 20.7. The first-order chi connectivity index (χ1) is 14.6. The number of pyridine rings is 1. The maximum atomic E-state index is 12.8. The highest BCUT2D eigenvalue weighted by atomic mass is 32.1. The van der Waals surface area contributed by atoms with Gasteiger partial charge in [0.1, 0.15) is 4.83 Å². The second-order valence-corrected chi connectivity index (χ2v) is 9.08. The van der Waals surface area contributed by atoms with Crippen LogP contribution in [0.3, 0.4) is 0 Å².